The van der Waals surface area contributed by atoms with Gasteiger partial charge in [0, 0.05) is 12.4 Å². The Bertz CT molecular complexity index is 635. The van der Waals surface area contributed by atoms with E-state index in [2.05, 4.69) is 15.1 Å². The lowest BCUT2D eigenvalue weighted by Gasteiger charge is -2.02. The van der Waals surface area contributed by atoms with Gasteiger partial charge in [-0.2, -0.15) is 5.10 Å². The Hall–Kier alpha value is -2.97. The SMILES string of the molecule is NC(=O)c1nccnc1-n1cc(N)c(C(=O)O)n1. The van der Waals surface area contributed by atoms with Gasteiger partial charge in [0.15, 0.2) is 17.2 Å². The van der Waals surface area contributed by atoms with E-state index in [1.54, 1.807) is 0 Å². The molecule has 0 atom stereocenters. The first kappa shape index (κ1) is 11.5. The lowest BCUT2D eigenvalue weighted by atomic mass is 10.4. The van der Waals surface area contributed by atoms with Crippen LogP contribution in [0.1, 0.15) is 21.0 Å². The predicted octanol–water partition coefficient (Wildman–Crippen LogP) is -0.958. The van der Waals surface area contributed by atoms with Crippen molar-refractivity contribution in [1.29, 1.82) is 0 Å². The van der Waals surface area contributed by atoms with E-state index in [1.807, 2.05) is 0 Å². The highest BCUT2D eigenvalue weighted by molar-refractivity contribution is 5.94. The summed E-state index contributed by atoms with van der Waals surface area (Å²) in [5.41, 5.74) is 10.1. The van der Waals surface area contributed by atoms with Crippen LogP contribution in [0.2, 0.25) is 0 Å². The number of carbonyl (C=O) groups excluding carboxylic acids is 1. The fraction of sp³-hybridized carbons (Fsp3) is 0. The summed E-state index contributed by atoms with van der Waals surface area (Å²) in [6, 6.07) is 0. The molecule has 0 aromatic carbocycles. The van der Waals surface area contributed by atoms with E-state index in [0.717, 1.165) is 4.68 Å². The third kappa shape index (κ3) is 1.84. The maximum atomic E-state index is 11.2. The van der Waals surface area contributed by atoms with Crippen LogP contribution in [-0.2, 0) is 0 Å². The molecular formula is C9H8N6O3. The fourth-order valence-electron chi connectivity index (χ4n) is 1.33. The Morgan fingerprint density at radius 1 is 1.22 bits per heavy atom. The van der Waals surface area contributed by atoms with Gasteiger partial charge >= 0.3 is 5.97 Å². The lowest BCUT2D eigenvalue weighted by Crippen LogP contribution is -2.18. The van der Waals surface area contributed by atoms with Gasteiger partial charge in [0.05, 0.1) is 11.9 Å². The molecule has 0 unspecified atom stereocenters. The van der Waals surface area contributed by atoms with E-state index >= 15 is 0 Å². The molecule has 0 fully saturated rings. The molecule has 9 nitrogen and oxygen atoms in total. The molecule has 0 radical (unpaired) electrons. The Labute approximate surface area is 100 Å². The molecule has 0 aliphatic rings. The third-order valence-corrected chi connectivity index (χ3v) is 2.07. The first-order valence-corrected chi connectivity index (χ1v) is 4.70. The second-order valence-electron chi connectivity index (χ2n) is 3.28. The Kier molecular flexibility index (Phi) is 2.64. The van der Waals surface area contributed by atoms with E-state index in [1.165, 1.54) is 18.6 Å². The summed E-state index contributed by atoms with van der Waals surface area (Å²) in [4.78, 5) is 29.6. The third-order valence-electron chi connectivity index (χ3n) is 2.07. The number of hydrogen-bond acceptors (Lipinski definition) is 6. The highest BCUT2D eigenvalue weighted by Gasteiger charge is 2.18. The molecule has 2 aromatic rings. The standard InChI is InChI=1S/C9H8N6O3/c10-4-3-15(14-5(4)9(17)18)8-6(7(11)16)12-1-2-13-8/h1-3H,10H2,(H2,11,16)(H,17,18). The molecule has 2 rings (SSSR count). The average molecular weight is 248 g/mol. The van der Waals surface area contributed by atoms with Crippen LogP contribution in [-0.4, -0.2) is 36.7 Å². The van der Waals surface area contributed by atoms with Crippen LogP contribution in [0.3, 0.4) is 0 Å². The van der Waals surface area contributed by atoms with Crippen molar-refractivity contribution in [3.63, 3.8) is 0 Å². The lowest BCUT2D eigenvalue weighted by molar-refractivity contribution is 0.0691. The summed E-state index contributed by atoms with van der Waals surface area (Å²) < 4.78 is 1.05. The molecule has 0 aliphatic heterocycles. The number of carboxylic acid groups (broad SMARTS) is 1. The predicted molar refractivity (Wildman–Crippen MR) is 59.0 cm³/mol. The number of carboxylic acids is 1. The van der Waals surface area contributed by atoms with Crippen LogP contribution < -0.4 is 11.5 Å². The molecule has 2 aromatic heterocycles. The van der Waals surface area contributed by atoms with Crippen molar-refractivity contribution in [2.75, 3.05) is 5.73 Å². The fourth-order valence-corrected chi connectivity index (χ4v) is 1.33. The van der Waals surface area contributed by atoms with Gasteiger partial charge in [0.1, 0.15) is 0 Å². The summed E-state index contributed by atoms with van der Waals surface area (Å²) in [6.07, 6.45) is 3.83. The van der Waals surface area contributed by atoms with Crippen molar-refractivity contribution >= 4 is 17.6 Å². The van der Waals surface area contributed by atoms with Crippen LogP contribution in [0.5, 0.6) is 0 Å². The Morgan fingerprint density at radius 2 is 1.89 bits per heavy atom. The van der Waals surface area contributed by atoms with Crippen LogP contribution in [0.4, 0.5) is 5.69 Å². The minimum absolute atomic E-state index is 0.0178. The number of primary amides is 1. The van der Waals surface area contributed by atoms with E-state index in [9.17, 15) is 9.59 Å². The number of anilines is 1. The number of nitrogen functional groups attached to an aromatic ring is 1. The number of amides is 1. The summed E-state index contributed by atoms with van der Waals surface area (Å²) >= 11 is 0. The molecule has 0 aliphatic carbocycles. The molecule has 0 saturated heterocycles. The van der Waals surface area contributed by atoms with E-state index in [-0.39, 0.29) is 22.9 Å². The minimum atomic E-state index is -1.28. The van der Waals surface area contributed by atoms with Crippen molar-refractivity contribution < 1.29 is 14.7 Å². The first-order chi connectivity index (χ1) is 8.50. The second-order valence-corrected chi connectivity index (χ2v) is 3.28. The van der Waals surface area contributed by atoms with Gasteiger partial charge in [-0.25, -0.2) is 19.4 Å². The zero-order valence-corrected chi connectivity index (χ0v) is 8.94. The van der Waals surface area contributed by atoms with Crippen molar-refractivity contribution in [1.82, 2.24) is 19.7 Å². The van der Waals surface area contributed by atoms with Gasteiger partial charge in [0.2, 0.25) is 0 Å². The molecule has 2 heterocycles. The van der Waals surface area contributed by atoms with Gasteiger partial charge in [-0.05, 0) is 0 Å². The zero-order chi connectivity index (χ0) is 13.3. The normalized spacial score (nSPS) is 10.2. The molecule has 18 heavy (non-hydrogen) atoms. The van der Waals surface area contributed by atoms with Crippen LogP contribution in [0.25, 0.3) is 5.82 Å². The molecule has 0 spiro atoms. The molecule has 92 valence electrons. The van der Waals surface area contributed by atoms with Crippen molar-refractivity contribution in [2.24, 2.45) is 5.73 Å². The topological polar surface area (TPSA) is 150 Å². The first-order valence-electron chi connectivity index (χ1n) is 4.70. The number of hydrogen-bond donors (Lipinski definition) is 3. The van der Waals surface area contributed by atoms with Crippen molar-refractivity contribution in [3.8, 4) is 5.82 Å². The quantitative estimate of drug-likeness (QED) is 0.632. The molecule has 5 N–H and O–H groups in total. The Balaban J connectivity index is 2.59. The largest absolute Gasteiger partial charge is 0.476 e. The van der Waals surface area contributed by atoms with Crippen LogP contribution in [0, 0.1) is 0 Å². The van der Waals surface area contributed by atoms with Gasteiger partial charge in [-0.1, -0.05) is 0 Å². The zero-order valence-electron chi connectivity index (χ0n) is 8.94. The molecular weight excluding hydrogens is 240 g/mol. The highest BCUT2D eigenvalue weighted by Crippen LogP contribution is 2.14. The number of rotatable bonds is 3. The van der Waals surface area contributed by atoms with Gasteiger partial charge in [0.25, 0.3) is 5.91 Å². The second kappa shape index (κ2) is 4.13. The molecule has 9 heteroatoms. The minimum Gasteiger partial charge on any atom is -0.476 e. The summed E-state index contributed by atoms with van der Waals surface area (Å²) in [6.45, 7) is 0. The van der Waals surface area contributed by atoms with Crippen molar-refractivity contribution in [2.45, 2.75) is 0 Å². The van der Waals surface area contributed by atoms with Crippen LogP contribution in [0.15, 0.2) is 18.6 Å². The number of aromatic nitrogens is 4. The van der Waals surface area contributed by atoms with Crippen LogP contribution >= 0.6 is 0 Å². The highest BCUT2D eigenvalue weighted by atomic mass is 16.4. The smallest absolute Gasteiger partial charge is 0.358 e. The summed E-state index contributed by atoms with van der Waals surface area (Å²) in [5, 5.41) is 12.5. The summed E-state index contributed by atoms with van der Waals surface area (Å²) in [7, 11) is 0. The van der Waals surface area contributed by atoms with Gasteiger partial charge in [-0.3, -0.25) is 4.79 Å². The van der Waals surface area contributed by atoms with Gasteiger partial charge < -0.3 is 16.6 Å². The van der Waals surface area contributed by atoms with Crippen molar-refractivity contribution in [3.05, 3.63) is 30.0 Å². The Morgan fingerprint density at radius 3 is 2.44 bits per heavy atom. The number of nitrogens with two attached hydrogens (primary N) is 2. The molecule has 0 saturated carbocycles. The monoisotopic (exact) mass is 248 g/mol. The number of carbonyl (C=O) groups is 2. The average Bonchev–Trinajstić information content (AvgIpc) is 2.71. The molecule has 0 bridgehead atoms. The molecule has 1 amide bonds. The van der Waals surface area contributed by atoms with E-state index in [0.29, 0.717) is 0 Å². The number of aromatic carboxylic acids is 1. The van der Waals surface area contributed by atoms with E-state index in [4.69, 9.17) is 16.6 Å². The van der Waals surface area contributed by atoms with E-state index < -0.39 is 11.9 Å². The maximum absolute atomic E-state index is 11.2. The van der Waals surface area contributed by atoms with Gasteiger partial charge in [-0.15, -0.1) is 0 Å². The maximum Gasteiger partial charge on any atom is 0.358 e. The number of nitrogens with zero attached hydrogens (tertiary/aromatic N) is 4. The summed E-state index contributed by atoms with van der Waals surface area (Å²) in [5.74, 6) is -2.07.